The van der Waals surface area contributed by atoms with Crippen molar-refractivity contribution in [1.82, 2.24) is 5.32 Å². The van der Waals surface area contributed by atoms with Gasteiger partial charge < -0.3 is 5.32 Å². The highest BCUT2D eigenvalue weighted by Gasteiger charge is 2.28. The molecule has 0 aliphatic rings. The second-order valence-corrected chi connectivity index (χ2v) is 9.32. The summed E-state index contributed by atoms with van der Waals surface area (Å²) in [7, 11) is -2.96. The van der Waals surface area contributed by atoms with Crippen LogP contribution in [0.25, 0.3) is 0 Å². The summed E-state index contributed by atoms with van der Waals surface area (Å²) in [5.41, 5.74) is 0. The molecule has 0 aromatic carbocycles. The van der Waals surface area contributed by atoms with E-state index in [9.17, 15) is 8.42 Å². The van der Waals surface area contributed by atoms with Gasteiger partial charge in [0, 0.05) is 6.04 Å². The molecule has 0 saturated carbocycles. The van der Waals surface area contributed by atoms with E-state index >= 15 is 0 Å². The largest absolute Gasteiger partial charge is 0.314 e. The fourth-order valence-electron chi connectivity index (χ4n) is 1.99. The second kappa shape index (κ2) is 7.49. The fourth-order valence-corrected chi connectivity index (χ4v) is 3.15. The van der Waals surface area contributed by atoms with Crippen LogP contribution in [-0.2, 0) is 9.84 Å². The molecule has 0 aromatic rings. The Labute approximate surface area is 114 Å². The average Bonchev–Trinajstić information content (AvgIpc) is 2.14. The smallest absolute Gasteiger partial charge is 0.155 e. The van der Waals surface area contributed by atoms with E-state index in [0.29, 0.717) is 17.7 Å². The van der Waals surface area contributed by atoms with Crippen molar-refractivity contribution in [1.29, 1.82) is 0 Å². The van der Waals surface area contributed by atoms with E-state index < -0.39 is 14.6 Å². The lowest BCUT2D eigenvalue weighted by Crippen LogP contribution is -2.33. The van der Waals surface area contributed by atoms with E-state index in [1.807, 2.05) is 0 Å². The highest BCUT2D eigenvalue weighted by Crippen LogP contribution is 2.18. The van der Waals surface area contributed by atoms with Gasteiger partial charge >= 0.3 is 0 Å². The van der Waals surface area contributed by atoms with Crippen LogP contribution in [0, 0.1) is 5.92 Å². The maximum absolute atomic E-state index is 12.0. The van der Waals surface area contributed by atoms with Crippen LogP contribution in [-0.4, -0.2) is 31.5 Å². The molecule has 0 aliphatic carbocycles. The van der Waals surface area contributed by atoms with Gasteiger partial charge in [0.1, 0.15) is 0 Å². The Kier molecular flexibility index (Phi) is 7.45. The molecule has 1 atom stereocenters. The van der Waals surface area contributed by atoms with Gasteiger partial charge in [-0.1, -0.05) is 20.8 Å². The molecule has 0 aromatic heterocycles. The predicted octanol–water partition coefficient (Wildman–Crippen LogP) is 3.00. The lowest BCUT2D eigenvalue weighted by Gasteiger charge is -2.22. The van der Waals surface area contributed by atoms with Crippen LogP contribution < -0.4 is 5.32 Å². The summed E-state index contributed by atoms with van der Waals surface area (Å²) >= 11 is 0. The van der Waals surface area contributed by atoms with Gasteiger partial charge in [0.05, 0.1) is 10.5 Å². The van der Waals surface area contributed by atoms with Crippen LogP contribution in [0.5, 0.6) is 0 Å². The first-order chi connectivity index (χ1) is 8.10. The highest BCUT2D eigenvalue weighted by molar-refractivity contribution is 7.92. The SMILES string of the molecule is CCNC(CCCS(=O)(=O)C(C)(C)C)CC(C)C. The molecular weight excluding hydrogens is 246 g/mol. The van der Waals surface area contributed by atoms with E-state index in [4.69, 9.17) is 0 Å². The van der Waals surface area contributed by atoms with E-state index in [1.54, 1.807) is 20.8 Å². The van der Waals surface area contributed by atoms with Crippen molar-refractivity contribution in [2.75, 3.05) is 12.3 Å². The van der Waals surface area contributed by atoms with Gasteiger partial charge in [-0.05, 0) is 52.5 Å². The van der Waals surface area contributed by atoms with Gasteiger partial charge in [-0.25, -0.2) is 8.42 Å². The van der Waals surface area contributed by atoms with Crippen LogP contribution in [0.4, 0.5) is 0 Å². The monoisotopic (exact) mass is 277 g/mol. The lowest BCUT2D eigenvalue weighted by atomic mass is 10.0. The number of nitrogens with one attached hydrogen (secondary N) is 1. The zero-order valence-corrected chi connectivity index (χ0v) is 13.7. The Balaban J connectivity index is 4.22. The number of sulfone groups is 1. The first kappa shape index (κ1) is 17.9. The van der Waals surface area contributed by atoms with Crippen molar-refractivity contribution >= 4 is 9.84 Å². The van der Waals surface area contributed by atoms with Crippen molar-refractivity contribution in [3.05, 3.63) is 0 Å². The zero-order valence-electron chi connectivity index (χ0n) is 12.9. The minimum Gasteiger partial charge on any atom is -0.314 e. The maximum atomic E-state index is 12.0. The van der Waals surface area contributed by atoms with Crippen molar-refractivity contribution in [2.45, 2.75) is 71.6 Å². The van der Waals surface area contributed by atoms with Gasteiger partial charge in [0.2, 0.25) is 0 Å². The lowest BCUT2D eigenvalue weighted by molar-refractivity contribution is 0.402. The summed E-state index contributed by atoms with van der Waals surface area (Å²) in [4.78, 5) is 0. The summed E-state index contributed by atoms with van der Waals surface area (Å²) in [6.07, 6.45) is 2.81. The molecule has 0 heterocycles. The minimum atomic E-state index is -2.96. The summed E-state index contributed by atoms with van der Waals surface area (Å²) in [6.45, 7) is 12.8. The molecule has 0 rings (SSSR count). The van der Waals surface area contributed by atoms with Crippen molar-refractivity contribution in [2.24, 2.45) is 5.92 Å². The Morgan fingerprint density at radius 2 is 1.72 bits per heavy atom. The Morgan fingerprint density at radius 1 is 1.17 bits per heavy atom. The Hall–Kier alpha value is -0.0900. The Bertz CT molecular complexity index is 315. The molecule has 0 radical (unpaired) electrons. The fraction of sp³-hybridized carbons (Fsp3) is 1.00. The molecule has 0 bridgehead atoms. The molecule has 3 nitrogen and oxygen atoms in total. The molecule has 0 fully saturated rings. The minimum absolute atomic E-state index is 0.302. The van der Waals surface area contributed by atoms with E-state index in [0.717, 1.165) is 25.8 Å². The molecule has 0 spiro atoms. The van der Waals surface area contributed by atoms with E-state index in [-0.39, 0.29) is 0 Å². The van der Waals surface area contributed by atoms with Crippen molar-refractivity contribution in [3.8, 4) is 0 Å². The third kappa shape index (κ3) is 6.74. The summed E-state index contributed by atoms with van der Waals surface area (Å²) in [6, 6.07) is 0.449. The zero-order chi connectivity index (χ0) is 14.4. The Morgan fingerprint density at radius 3 is 2.11 bits per heavy atom. The topological polar surface area (TPSA) is 46.2 Å². The molecular formula is C14H31NO2S. The van der Waals surface area contributed by atoms with Crippen LogP contribution in [0.3, 0.4) is 0 Å². The van der Waals surface area contributed by atoms with Gasteiger partial charge in [-0.3, -0.25) is 0 Å². The predicted molar refractivity (Wildman–Crippen MR) is 79.7 cm³/mol. The van der Waals surface area contributed by atoms with Gasteiger partial charge in [-0.2, -0.15) is 0 Å². The molecule has 1 N–H and O–H groups in total. The average molecular weight is 277 g/mol. The molecule has 1 unspecified atom stereocenters. The molecule has 0 aliphatic heterocycles. The number of rotatable bonds is 8. The van der Waals surface area contributed by atoms with Crippen molar-refractivity contribution in [3.63, 3.8) is 0 Å². The number of hydrogen-bond donors (Lipinski definition) is 1. The molecule has 18 heavy (non-hydrogen) atoms. The van der Waals surface area contributed by atoms with E-state index in [1.165, 1.54) is 0 Å². The van der Waals surface area contributed by atoms with Crippen LogP contribution >= 0.6 is 0 Å². The summed E-state index contributed by atoms with van der Waals surface area (Å²) < 4.78 is 23.4. The summed E-state index contributed by atoms with van der Waals surface area (Å²) in [5.74, 6) is 0.949. The third-order valence-corrected chi connectivity index (χ3v) is 5.84. The number of hydrogen-bond acceptors (Lipinski definition) is 3. The molecule has 0 saturated heterocycles. The maximum Gasteiger partial charge on any atom is 0.155 e. The second-order valence-electron chi connectivity index (χ2n) is 6.46. The van der Waals surface area contributed by atoms with E-state index in [2.05, 4.69) is 26.1 Å². The summed E-state index contributed by atoms with van der Waals surface area (Å²) in [5, 5.41) is 3.44. The van der Waals surface area contributed by atoms with Gasteiger partial charge in [-0.15, -0.1) is 0 Å². The standard InChI is InChI=1S/C14H31NO2S/c1-7-15-13(11-12(2)3)9-8-10-18(16,17)14(4,5)6/h12-13,15H,7-11H2,1-6H3. The molecule has 4 heteroatoms. The van der Waals surface area contributed by atoms with Crippen LogP contribution in [0.2, 0.25) is 0 Å². The van der Waals surface area contributed by atoms with Gasteiger partial charge in [0.25, 0.3) is 0 Å². The van der Waals surface area contributed by atoms with Crippen molar-refractivity contribution < 1.29 is 8.42 Å². The van der Waals surface area contributed by atoms with Crippen LogP contribution in [0.15, 0.2) is 0 Å². The molecule has 110 valence electrons. The highest BCUT2D eigenvalue weighted by atomic mass is 32.2. The third-order valence-electron chi connectivity index (χ3n) is 3.15. The normalized spacial score (nSPS) is 15.1. The quantitative estimate of drug-likeness (QED) is 0.742. The molecule has 0 amide bonds. The first-order valence-corrected chi connectivity index (χ1v) is 8.71. The van der Waals surface area contributed by atoms with Gasteiger partial charge in [0.15, 0.2) is 9.84 Å². The van der Waals surface area contributed by atoms with Crippen LogP contribution in [0.1, 0.15) is 60.8 Å². The first-order valence-electron chi connectivity index (χ1n) is 7.05.